The Kier molecular flexibility index (Phi) is 7.46. The number of rotatable bonds is 6. The number of hydrogen-bond donors (Lipinski definition) is 1. The molecular formula is C29H39NO8Si. The zero-order chi connectivity index (χ0) is 29.0. The molecule has 1 fully saturated rings. The van der Waals surface area contributed by atoms with E-state index in [0.717, 1.165) is 0 Å². The number of ether oxygens (including phenoxy) is 2. The Morgan fingerprint density at radius 3 is 2.51 bits per heavy atom. The molecule has 3 heterocycles. The van der Waals surface area contributed by atoms with Crippen LogP contribution in [0.15, 0.2) is 39.8 Å². The van der Waals surface area contributed by atoms with Gasteiger partial charge in [0.05, 0.1) is 17.6 Å². The first kappa shape index (κ1) is 29.2. The summed E-state index contributed by atoms with van der Waals surface area (Å²) >= 11 is 0. The Balaban J connectivity index is 1.80. The van der Waals surface area contributed by atoms with Crippen LogP contribution in [0.2, 0.25) is 18.1 Å². The standard InChI is InChI=1S/C29H39NO8Si/c1-17(31)35-16-28(5,34)19-12-20-25(32)24-22(14-21(36-26(24)33)18-10-9-11-30-15-18)37-29(20,6)23(13-19)38-39(7,8)27(2,3)4/h9-11,14-15,19-20,23,34H,12-13,16H2,1-8H3/t19-,20-,23?,28?,29-/m1/s1. The highest BCUT2D eigenvalue weighted by molar-refractivity contribution is 6.74. The second-order valence-electron chi connectivity index (χ2n) is 12.8. The molecule has 9 nitrogen and oxygen atoms in total. The maximum atomic E-state index is 14.0. The van der Waals surface area contributed by atoms with E-state index in [1.165, 1.54) is 6.92 Å². The minimum absolute atomic E-state index is 0.128. The molecule has 1 aliphatic heterocycles. The van der Waals surface area contributed by atoms with Gasteiger partial charge in [0.15, 0.2) is 14.1 Å². The first-order valence-electron chi connectivity index (χ1n) is 13.3. The quantitative estimate of drug-likeness (QED) is 0.395. The predicted octanol–water partition coefficient (Wildman–Crippen LogP) is 4.77. The smallest absolute Gasteiger partial charge is 0.351 e. The predicted molar refractivity (Wildman–Crippen MR) is 147 cm³/mol. The second-order valence-corrected chi connectivity index (χ2v) is 17.5. The van der Waals surface area contributed by atoms with E-state index in [-0.39, 0.29) is 35.1 Å². The fraction of sp³-hybridized carbons (Fsp3) is 0.586. The van der Waals surface area contributed by atoms with Crippen LogP contribution in [0.3, 0.4) is 0 Å². The van der Waals surface area contributed by atoms with Gasteiger partial charge in [0.2, 0.25) is 0 Å². The molecule has 4 rings (SSSR count). The molecule has 0 aromatic carbocycles. The largest absolute Gasteiger partial charge is 0.483 e. The Labute approximate surface area is 230 Å². The minimum atomic E-state index is -2.38. The molecule has 39 heavy (non-hydrogen) atoms. The lowest BCUT2D eigenvalue weighted by Gasteiger charge is -2.55. The Bertz CT molecular complexity index is 1310. The van der Waals surface area contributed by atoms with Crippen molar-refractivity contribution in [3.05, 3.63) is 46.6 Å². The minimum Gasteiger partial charge on any atom is -0.483 e. The van der Waals surface area contributed by atoms with Crippen LogP contribution in [0, 0.1) is 11.8 Å². The number of carbonyl (C=O) groups is 2. The lowest BCUT2D eigenvalue weighted by atomic mass is 9.62. The number of nitrogens with zero attached hydrogens (tertiary/aromatic N) is 1. The number of ketones is 1. The highest BCUT2D eigenvalue weighted by atomic mass is 28.4. The zero-order valence-electron chi connectivity index (χ0n) is 24.0. The van der Waals surface area contributed by atoms with Crippen molar-refractivity contribution in [2.45, 2.75) is 89.8 Å². The molecule has 0 radical (unpaired) electrons. The normalized spacial score (nSPS) is 26.6. The van der Waals surface area contributed by atoms with Crippen molar-refractivity contribution in [2.75, 3.05) is 6.61 Å². The van der Waals surface area contributed by atoms with E-state index in [0.29, 0.717) is 12.0 Å². The Morgan fingerprint density at radius 2 is 1.92 bits per heavy atom. The van der Waals surface area contributed by atoms with E-state index in [2.05, 4.69) is 38.8 Å². The lowest BCUT2D eigenvalue weighted by molar-refractivity contribution is -0.164. The summed E-state index contributed by atoms with van der Waals surface area (Å²) in [4.78, 5) is 42.7. The van der Waals surface area contributed by atoms with Crippen molar-refractivity contribution in [2.24, 2.45) is 11.8 Å². The van der Waals surface area contributed by atoms with Crippen LogP contribution in [0.5, 0.6) is 5.75 Å². The highest BCUT2D eigenvalue weighted by Gasteiger charge is 2.60. The van der Waals surface area contributed by atoms with Gasteiger partial charge in [0.25, 0.3) is 0 Å². The second kappa shape index (κ2) is 9.98. The molecule has 10 heteroatoms. The maximum Gasteiger partial charge on any atom is 0.351 e. The van der Waals surface area contributed by atoms with Gasteiger partial charge in [0.1, 0.15) is 29.3 Å². The molecule has 1 aliphatic carbocycles. The first-order chi connectivity index (χ1) is 18.0. The average Bonchev–Trinajstić information content (AvgIpc) is 2.82. The van der Waals surface area contributed by atoms with Gasteiger partial charge >= 0.3 is 11.6 Å². The summed E-state index contributed by atoms with van der Waals surface area (Å²) in [6.45, 7) is 15.2. The number of carbonyl (C=O) groups excluding carboxylic acids is 2. The van der Waals surface area contributed by atoms with E-state index in [1.807, 2.05) is 6.92 Å². The molecule has 2 aliphatic rings. The van der Waals surface area contributed by atoms with Crippen molar-refractivity contribution in [3.8, 4) is 17.1 Å². The molecule has 0 spiro atoms. The van der Waals surface area contributed by atoms with E-state index in [4.69, 9.17) is 18.3 Å². The summed E-state index contributed by atoms with van der Waals surface area (Å²) < 4.78 is 24.2. The fourth-order valence-electron chi connectivity index (χ4n) is 5.24. The van der Waals surface area contributed by atoms with Crippen LogP contribution < -0.4 is 10.4 Å². The highest BCUT2D eigenvalue weighted by Crippen LogP contribution is 2.51. The number of aliphatic hydroxyl groups is 1. The van der Waals surface area contributed by atoms with E-state index in [1.54, 1.807) is 37.5 Å². The molecule has 2 aromatic rings. The van der Waals surface area contributed by atoms with Crippen LogP contribution in [-0.4, -0.2) is 54.1 Å². The lowest BCUT2D eigenvalue weighted by Crippen LogP contribution is -2.65. The molecule has 0 saturated heterocycles. The molecule has 0 bridgehead atoms. The molecule has 2 aromatic heterocycles. The Hall–Kier alpha value is -2.82. The monoisotopic (exact) mass is 557 g/mol. The molecule has 212 valence electrons. The molecular weight excluding hydrogens is 518 g/mol. The number of pyridine rings is 1. The molecule has 0 amide bonds. The SMILES string of the molecule is CC(=O)OCC(C)(O)[C@H]1CC(O[Si](C)(C)C(C)(C)C)[C@]2(C)Oc3cc(-c4cccnc4)oc(=O)c3C(=O)[C@H]2C1. The molecule has 5 atom stereocenters. The number of hydrogen-bond acceptors (Lipinski definition) is 9. The van der Waals surface area contributed by atoms with E-state index in [9.17, 15) is 19.5 Å². The summed E-state index contributed by atoms with van der Waals surface area (Å²) in [6, 6.07) is 5.05. The number of Topliss-reactive ketones (excluding diaryl/α,β-unsaturated/α-hetero) is 1. The number of aromatic nitrogens is 1. The van der Waals surface area contributed by atoms with Gasteiger partial charge in [-0.3, -0.25) is 14.6 Å². The molecule has 1 N–H and O–H groups in total. The van der Waals surface area contributed by atoms with Gasteiger partial charge in [0, 0.05) is 30.9 Å². The van der Waals surface area contributed by atoms with Gasteiger partial charge in [-0.2, -0.15) is 0 Å². The summed E-state index contributed by atoms with van der Waals surface area (Å²) in [5.41, 5.74) is -2.86. The van der Waals surface area contributed by atoms with Gasteiger partial charge in [-0.15, -0.1) is 0 Å². The van der Waals surface area contributed by atoms with Crippen LogP contribution >= 0.6 is 0 Å². The maximum absolute atomic E-state index is 14.0. The van der Waals surface area contributed by atoms with Gasteiger partial charge in [-0.25, -0.2) is 4.79 Å². The number of esters is 1. The van der Waals surface area contributed by atoms with Crippen LogP contribution in [0.25, 0.3) is 11.3 Å². The van der Waals surface area contributed by atoms with Crippen LogP contribution in [0.4, 0.5) is 0 Å². The van der Waals surface area contributed by atoms with Crippen molar-refractivity contribution in [1.82, 2.24) is 4.98 Å². The van der Waals surface area contributed by atoms with Crippen LogP contribution in [-0.2, 0) is 14.0 Å². The third kappa shape index (κ3) is 5.46. The Morgan fingerprint density at radius 1 is 1.23 bits per heavy atom. The zero-order valence-corrected chi connectivity index (χ0v) is 25.0. The van der Waals surface area contributed by atoms with Crippen molar-refractivity contribution >= 4 is 20.1 Å². The summed E-state index contributed by atoms with van der Waals surface area (Å²) in [7, 11) is -2.38. The third-order valence-corrected chi connectivity index (χ3v) is 13.3. The topological polar surface area (TPSA) is 125 Å². The number of fused-ring (bicyclic) bond motifs is 2. The van der Waals surface area contributed by atoms with Gasteiger partial charge in [-0.1, -0.05) is 20.8 Å². The summed E-state index contributed by atoms with van der Waals surface area (Å²) in [6.07, 6.45) is 3.22. The summed E-state index contributed by atoms with van der Waals surface area (Å²) in [5.74, 6) is -1.74. The van der Waals surface area contributed by atoms with Crippen molar-refractivity contribution < 1.29 is 33.0 Å². The van der Waals surface area contributed by atoms with E-state index < -0.39 is 54.8 Å². The van der Waals surface area contributed by atoms with Gasteiger partial charge < -0.3 is 23.4 Å². The summed E-state index contributed by atoms with van der Waals surface area (Å²) in [5, 5.41) is 11.2. The van der Waals surface area contributed by atoms with Crippen LogP contribution in [0.1, 0.15) is 64.7 Å². The first-order valence-corrected chi connectivity index (χ1v) is 16.2. The average molecular weight is 558 g/mol. The fourth-order valence-corrected chi connectivity index (χ4v) is 6.64. The van der Waals surface area contributed by atoms with Crippen molar-refractivity contribution in [3.63, 3.8) is 0 Å². The van der Waals surface area contributed by atoms with E-state index >= 15 is 0 Å². The molecule has 2 unspecified atom stereocenters. The van der Waals surface area contributed by atoms with Crippen molar-refractivity contribution in [1.29, 1.82) is 0 Å². The molecule has 1 saturated carbocycles. The third-order valence-electron chi connectivity index (χ3n) is 8.79. The van der Waals surface area contributed by atoms with Gasteiger partial charge in [-0.05, 0) is 62.9 Å².